The first-order valence-corrected chi connectivity index (χ1v) is 4.83. The van der Waals surface area contributed by atoms with Crippen LogP contribution in [0.5, 0.6) is 0 Å². The fourth-order valence-electron chi connectivity index (χ4n) is 0.768. The molecule has 3 N–H and O–H groups in total. The fourth-order valence-corrected chi connectivity index (χ4v) is 0.768. The minimum atomic E-state index is -0.919. The van der Waals surface area contributed by atoms with E-state index in [1.54, 1.807) is 0 Å². The Morgan fingerprint density at radius 2 is 1.93 bits per heavy atom. The molecule has 1 atom stereocenters. The second-order valence-corrected chi connectivity index (χ2v) is 3.59. The summed E-state index contributed by atoms with van der Waals surface area (Å²) in [6.45, 7) is 2.67. The highest BCUT2D eigenvalue weighted by molar-refractivity contribution is 5.74. The van der Waals surface area contributed by atoms with Crippen LogP contribution in [0.25, 0.3) is 0 Å². The molecular weight excluding hydrogens is 198 g/mol. The number of nitrogens with zero attached hydrogens (tertiary/aromatic N) is 1. The van der Waals surface area contributed by atoms with E-state index >= 15 is 0 Å². The molecule has 0 radical (unpaired) electrons. The summed E-state index contributed by atoms with van der Waals surface area (Å²) in [7, 11) is 3.85. The molecule has 0 aliphatic heterocycles. The molecule has 0 aromatic rings. The summed E-state index contributed by atoms with van der Waals surface area (Å²) in [4.78, 5) is 23.3. The van der Waals surface area contributed by atoms with E-state index in [2.05, 4.69) is 10.6 Å². The first kappa shape index (κ1) is 13.7. The van der Waals surface area contributed by atoms with Crippen LogP contribution < -0.4 is 10.6 Å². The quantitative estimate of drug-likeness (QED) is 0.571. The van der Waals surface area contributed by atoms with Gasteiger partial charge in [-0.15, -0.1) is 0 Å². The number of carbonyl (C=O) groups is 2. The lowest BCUT2D eigenvalue weighted by Crippen LogP contribution is -2.43. The first-order valence-electron chi connectivity index (χ1n) is 4.83. The molecule has 0 saturated heterocycles. The number of rotatable bonds is 6. The Morgan fingerprint density at radius 1 is 1.33 bits per heavy atom. The summed E-state index contributed by atoms with van der Waals surface area (Å²) in [5.41, 5.74) is 0. The van der Waals surface area contributed by atoms with E-state index < -0.39 is 5.97 Å². The highest BCUT2D eigenvalue weighted by Gasteiger charge is 2.06. The van der Waals surface area contributed by atoms with Gasteiger partial charge in [-0.3, -0.25) is 4.79 Å². The van der Waals surface area contributed by atoms with Gasteiger partial charge in [-0.25, -0.2) is 4.79 Å². The van der Waals surface area contributed by atoms with Crippen LogP contribution >= 0.6 is 0 Å². The summed E-state index contributed by atoms with van der Waals surface area (Å²) < 4.78 is 0. The van der Waals surface area contributed by atoms with Crippen molar-refractivity contribution in [1.82, 2.24) is 15.5 Å². The first-order chi connectivity index (χ1) is 6.93. The van der Waals surface area contributed by atoms with Crippen molar-refractivity contribution in [1.29, 1.82) is 0 Å². The van der Waals surface area contributed by atoms with Gasteiger partial charge in [-0.05, 0) is 21.0 Å². The van der Waals surface area contributed by atoms with Crippen molar-refractivity contribution >= 4 is 12.0 Å². The maximum Gasteiger partial charge on any atom is 0.314 e. The summed E-state index contributed by atoms with van der Waals surface area (Å²) in [5.74, 6) is -0.919. The number of urea groups is 1. The third-order valence-corrected chi connectivity index (χ3v) is 2.06. The minimum absolute atomic E-state index is 0.0589. The van der Waals surface area contributed by atoms with Crippen molar-refractivity contribution in [2.45, 2.75) is 19.4 Å². The number of carboxylic acids is 1. The number of carboxylic acid groups (broad SMARTS) is 1. The molecule has 0 aromatic carbocycles. The summed E-state index contributed by atoms with van der Waals surface area (Å²) >= 11 is 0. The van der Waals surface area contributed by atoms with E-state index in [4.69, 9.17) is 5.11 Å². The Morgan fingerprint density at radius 3 is 2.40 bits per heavy atom. The molecule has 0 aliphatic rings. The van der Waals surface area contributed by atoms with E-state index in [0.717, 1.165) is 0 Å². The molecule has 0 aliphatic carbocycles. The second-order valence-electron chi connectivity index (χ2n) is 3.59. The van der Waals surface area contributed by atoms with Crippen molar-refractivity contribution in [2.24, 2.45) is 0 Å². The molecule has 0 heterocycles. The summed E-state index contributed by atoms with van der Waals surface area (Å²) in [6.07, 6.45) is -0.0589. The lowest BCUT2D eigenvalue weighted by molar-refractivity contribution is -0.136. The average molecular weight is 217 g/mol. The zero-order valence-electron chi connectivity index (χ0n) is 9.41. The van der Waals surface area contributed by atoms with Gasteiger partial charge < -0.3 is 20.6 Å². The number of likely N-dealkylation sites (N-methyl/N-ethyl adjacent to an activating group) is 1. The average Bonchev–Trinajstić information content (AvgIpc) is 2.13. The summed E-state index contributed by atoms with van der Waals surface area (Å²) in [5, 5.41) is 13.5. The zero-order valence-corrected chi connectivity index (χ0v) is 9.41. The predicted molar refractivity (Wildman–Crippen MR) is 56.8 cm³/mol. The molecule has 0 fully saturated rings. The molecule has 0 rings (SSSR count). The van der Waals surface area contributed by atoms with Crippen LogP contribution in [0, 0.1) is 0 Å². The van der Waals surface area contributed by atoms with Crippen LogP contribution in [-0.4, -0.2) is 55.2 Å². The second kappa shape index (κ2) is 7.05. The Balaban J connectivity index is 3.53. The largest absolute Gasteiger partial charge is 0.481 e. The molecule has 0 bridgehead atoms. The topological polar surface area (TPSA) is 81.7 Å². The van der Waals surface area contributed by atoms with Gasteiger partial charge in [0, 0.05) is 19.1 Å². The third kappa shape index (κ3) is 7.75. The van der Waals surface area contributed by atoms with Crippen LogP contribution in [0.2, 0.25) is 0 Å². The van der Waals surface area contributed by atoms with Gasteiger partial charge in [-0.2, -0.15) is 0 Å². The van der Waals surface area contributed by atoms with Crippen LogP contribution in [0.3, 0.4) is 0 Å². The molecule has 88 valence electrons. The van der Waals surface area contributed by atoms with Crippen LogP contribution in [0.4, 0.5) is 4.79 Å². The molecule has 0 saturated carbocycles. The molecule has 6 heteroatoms. The van der Waals surface area contributed by atoms with Crippen LogP contribution in [-0.2, 0) is 4.79 Å². The van der Waals surface area contributed by atoms with E-state index in [1.165, 1.54) is 0 Å². The van der Waals surface area contributed by atoms with Gasteiger partial charge in [0.2, 0.25) is 0 Å². The number of amides is 2. The van der Waals surface area contributed by atoms with Gasteiger partial charge in [0.25, 0.3) is 0 Å². The summed E-state index contributed by atoms with van der Waals surface area (Å²) in [6, 6.07) is -0.0832. The van der Waals surface area contributed by atoms with Crippen molar-refractivity contribution < 1.29 is 14.7 Å². The standard InChI is InChI=1S/C9H19N3O3/c1-7(12(2)3)6-11-9(15)10-5-4-8(13)14/h7H,4-6H2,1-3H3,(H,13,14)(H2,10,11,15). The predicted octanol–water partition coefficient (Wildman–Crippen LogP) is -0.290. The highest BCUT2D eigenvalue weighted by atomic mass is 16.4. The lowest BCUT2D eigenvalue weighted by Gasteiger charge is -2.19. The lowest BCUT2D eigenvalue weighted by atomic mass is 10.3. The number of carbonyl (C=O) groups excluding carboxylic acids is 1. The van der Waals surface area contributed by atoms with Crippen molar-refractivity contribution in [2.75, 3.05) is 27.2 Å². The SMILES string of the molecule is CC(CNC(=O)NCCC(=O)O)N(C)C. The highest BCUT2D eigenvalue weighted by Crippen LogP contribution is 1.87. The van der Waals surface area contributed by atoms with Crippen molar-refractivity contribution in [3.63, 3.8) is 0 Å². The van der Waals surface area contributed by atoms with Crippen LogP contribution in [0.1, 0.15) is 13.3 Å². The van der Waals surface area contributed by atoms with Crippen molar-refractivity contribution in [3.8, 4) is 0 Å². The molecule has 15 heavy (non-hydrogen) atoms. The van der Waals surface area contributed by atoms with Crippen molar-refractivity contribution in [3.05, 3.63) is 0 Å². The number of nitrogens with one attached hydrogen (secondary N) is 2. The Labute approximate surface area is 89.6 Å². The molecule has 1 unspecified atom stereocenters. The third-order valence-electron chi connectivity index (χ3n) is 2.06. The maximum absolute atomic E-state index is 11.1. The molecule has 0 spiro atoms. The van der Waals surface area contributed by atoms with Gasteiger partial charge in [-0.1, -0.05) is 0 Å². The molecule has 6 nitrogen and oxygen atoms in total. The number of aliphatic carboxylic acids is 1. The molecular formula is C9H19N3O3. The zero-order chi connectivity index (χ0) is 11.8. The number of hydrogen-bond acceptors (Lipinski definition) is 3. The smallest absolute Gasteiger partial charge is 0.314 e. The van der Waals surface area contributed by atoms with Gasteiger partial charge in [0.05, 0.1) is 6.42 Å². The van der Waals surface area contributed by atoms with Crippen LogP contribution in [0.15, 0.2) is 0 Å². The number of hydrogen-bond donors (Lipinski definition) is 3. The van der Waals surface area contributed by atoms with E-state index in [1.807, 2.05) is 25.9 Å². The van der Waals surface area contributed by atoms with E-state index in [0.29, 0.717) is 6.54 Å². The monoisotopic (exact) mass is 217 g/mol. The Hall–Kier alpha value is -1.30. The van der Waals surface area contributed by atoms with Gasteiger partial charge in [0.1, 0.15) is 0 Å². The van der Waals surface area contributed by atoms with Gasteiger partial charge in [0.15, 0.2) is 0 Å². The Kier molecular flexibility index (Phi) is 6.44. The van der Waals surface area contributed by atoms with Gasteiger partial charge >= 0.3 is 12.0 Å². The van der Waals surface area contributed by atoms with E-state index in [9.17, 15) is 9.59 Å². The molecule has 2 amide bonds. The fraction of sp³-hybridized carbons (Fsp3) is 0.778. The minimum Gasteiger partial charge on any atom is -0.481 e. The Bertz CT molecular complexity index is 219. The normalized spacial score (nSPS) is 12.3. The molecule has 0 aromatic heterocycles. The maximum atomic E-state index is 11.1. The van der Waals surface area contributed by atoms with E-state index in [-0.39, 0.29) is 25.0 Å².